The summed E-state index contributed by atoms with van der Waals surface area (Å²) in [6.45, 7) is 1.87. The van der Waals surface area contributed by atoms with Gasteiger partial charge in [0.1, 0.15) is 0 Å². The molecule has 1 unspecified atom stereocenters. The molecule has 0 aromatic carbocycles. The summed E-state index contributed by atoms with van der Waals surface area (Å²) in [6.07, 6.45) is 9.14. The van der Waals surface area contributed by atoms with Crippen LogP contribution in [0.15, 0.2) is 0 Å². The number of hydrogen-bond acceptors (Lipinski definition) is 2. The Morgan fingerprint density at radius 2 is 1.35 bits per heavy atom. The molecule has 2 nitrogen and oxygen atoms in total. The molecule has 0 aliphatic rings. The molecule has 0 aromatic rings. The van der Waals surface area contributed by atoms with Crippen LogP contribution in [0.3, 0.4) is 0 Å². The van der Waals surface area contributed by atoms with Gasteiger partial charge < -0.3 is 0 Å². The first-order chi connectivity index (χ1) is 8.04. The molecule has 0 radical (unpaired) electrons. The van der Waals surface area contributed by atoms with E-state index in [-0.39, 0.29) is 16.4 Å². The second-order valence-electron chi connectivity index (χ2n) is 4.57. The van der Waals surface area contributed by atoms with Gasteiger partial charge in [-0.1, -0.05) is 45.4 Å². The van der Waals surface area contributed by atoms with Crippen molar-refractivity contribution in [1.29, 1.82) is 0 Å². The molecule has 1 atom stereocenters. The van der Waals surface area contributed by atoms with Crippen molar-refractivity contribution in [3.8, 4) is 0 Å². The lowest BCUT2D eigenvalue weighted by Crippen LogP contribution is -2.02. The van der Waals surface area contributed by atoms with Crippen LogP contribution >= 0.6 is 23.2 Å². The lowest BCUT2D eigenvalue weighted by Gasteiger charge is -2.05. The Kier molecular flexibility index (Phi) is 11.0. The van der Waals surface area contributed by atoms with Crippen LogP contribution in [-0.4, -0.2) is 10.5 Å². The van der Waals surface area contributed by atoms with Crippen LogP contribution in [0.1, 0.15) is 64.7 Å². The molecule has 0 bridgehead atoms. The highest BCUT2D eigenvalue weighted by Gasteiger charge is 2.08. The van der Waals surface area contributed by atoms with Crippen LogP contribution in [0.5, 0.6) is 0 Å². The number of carbonyl (C=O) groups is 2. The third kappa shape index (κ3) is 12.2. The molecule has 0 aliphatic carbocycles. The van der Waals surface area contributed by atoms with E-state index in [1.54, 1.807) is 0 Å². The fourth-order valence-corrected chi connectivity index (χ4v) is 1.95. The molecule has 0 N–H and O–H groups in total. The summed E-state index contributed by atoms with van der Waals surface area (Å²) in [4.78, 5) is 21.2. The highest BCUT2D eigenvalue weighted by molar-refractivity contribution is 6.64. The van der Waals surface area contributed by atoms with Crippen molar-refractivity contribution >= 4 is 33.7 Å². The summed E-state index contributed by atoms with van der Waals surface area (Å²) in [5.41, 5.74) is 0. The van der Waals surface area contributed by atoms with Gasteiger partial charge in [0.05, 0.1) is 0 Å². The van der Waals surface area contributed by atoms with E-state index in [4.69, 9.17) is 23.2 Å². The number of carbonyl (C=O) groups excluding carboxylic acids is 2. The number of rotatable bonds is 11. The maximum atomic E-state index is 10.8. The first-order valence-electron chi connectivity index (χ1n) is 6.41. The Hall–Kier alpha value is -0.0800. The van der Waals surface area contributed by atoms with E-state index in [9.17, 15) is 9.59 Å². The van der Waals surface area contributed by atoms with Crippen LogP contribution in [0, 0.1) is 5.92 Å². The zero-order valence-corrected chi connectivity index (χ0v) is 12.0. The largest absolute Gasteiger partial charge is 0.281 e. The summed E-state index contributed by atoms with van der Waals surface area (Å²) < 4.78 is 0. The second-order valence-corrected chi connectivity index (χ2v) is 5.37. The third-order valence-electron chi connectivity index (χ3n) is 2.90. The van der Waals surface area contributed by atoms with E-state index in [2.05, 4.69) is 0 Å². The van der Waals surface area contributed by atoms with Gasteiger partial charge in [0, 0.05) is 12.3 Å². The molecule has 17 heavy (non-hydrogen) atoms. The summed E-state index contributed by atoms with van der Waals surface area (Å²) in [7, 11) is 0. The molecule has 100 valence electrons. The number of hydrogen-bond donors (Lipinski definition) is 0. The molecule has 0 saturated heterocycles. The Morgan fingerprint density at radius 1 is 0.882 bits per heavy atom. The normalized spacial score (nSPS) is 12.4. The topological polar surface area (TPSA) is 34.1 Å². The van der Waals surface area contributed by atoms with Crippen molar-refractivity contribution in [1.82, 2.24) is 0 Å². The van der Waals surface area contributed by atoms with E-state index in [0.29, 0.717) is 6.42 Å². The van der Waals surface area contributed by atoms with Gasteiger partial charge in [0.2, 0.25) is 10.5 Å². The quantitative estimate of drug-likeness (QED) is 0.407. The van der Waals surface area contributed by atoms with Gasteiger partial charge in [-0.25, -0.2) is 0 Å². The average molecular weight is 281 g/mol. The average Bonchev–Trinajstić information content (AvgIpc) is 2.25. The Balaban J connectivity index is 3.14. The van der Waals surface area contributed by atoms with Gasteiger partial charge in [0.25, 0.3) is 0 Å². The lowest BCUT2D eigenvalue weighted by molar-refractivity contribution is -0.115. The van der Waals surface area contributed by atoms with Crippen LogP contribution in [0.2, 0.25) is 0 Å². The van der Waals surface area contributed by atoms with Gasteiger partial charge in [-0.2, -0.15) is 0 Å². The van der Waals surface area contributed by atoms with Crippen molar-refractivity contribution in [3.63, 3.8) is 0 Å². The molecule has 0 spiro atoms. The Labute approximate surface area is 114 Å². The Morgan fingerprint density at radius 3 is 1.82 bits per heavy atom. The van der Waals surface area contributed by atoms with Crippen molar-refractivity contribution in [2.45, 2.75) is 64.7 Å². The molecule has 0 heterocycles. The predicted octanol–water partition coefficient (Wildman–Crippen LogP) is 4.66. The van der Waals surface area contributed by atoms with Crippen molar-refractivity contribution in [2.75, 3.05) is 0 Å². The zero-order valence-electron chi connectivity index (χ0n) is 10.5. The molecular formula is C13H22Cl2O2. The smallest absolute Gasteiger partial charge is 0.224 e. The SMILES string of the molecule is CC(CCCCCCCCCC(=O)Cl)C(=O)Cl. The lowest BCUT2D eigenvalue weighted by atomic mass is 10.0. The monoisotopic (exact) mass is 280 g/mol. The molecule has 0 rings (SSSR count). The minimum absolute atomic E-state index is 0.00796. The molecule has 0 aliphatic heterocycles. The van der Waals surface area contributed by atoms with Crippen molar-refractivity contribution < 1.29 is 9.59 Å². The maximum absolute atomic E-state index is 10.8. The zero-order chi connectivity index (χ0) is 13.1. The van der Waals surface area contributed by atoms with Crippen LogP contribution in [0.25, 0.3) is 0 Å². The molecule has 0 fully saturated rings. The first-order valence-corrected chi connectivity index (χ1v) is 7.17. The summed E-state index contributed by atoms with van der Waals surface area (Å²) >= 11 is 10.6. The standard InChI is InChI=1S/C13H22Cl2O2/c1-11(13(15)17)9-7-5-3-2-4-6-8-10-12(14)16/h11H,2-10H2,1H3. The molecular weight excluding hydrogens is 259 g/mol. The van der Waals surface area contributed by atoms with Gasteiger partial charge >= 0.3 is 0 Å². The van der Waals surface area contributed by atoms with Crippen LogP contribution < -0.4 is 0 Å². The molecule has 4 heteroatoms. The summed E-state index contributed by atoms with van der Waals surface area (Å²) in [5.74, 6) is -0.00796. The van der Waals surface area contributed by atoms with Crippen LogP contribution in [0.4, 0.5) is 0 Å². The fraction of sp³-hybridized carbons (Fsp3) is 0.846. The summed E-state index contributed by atoms with van der Waals surface area (Å²) in [6, 6.07) is 0. The maximum Gasteiger partial charge on any atom is 0.224 e. The predicted molar refractivity (Wildman–Crippen MR) is 72.4 cm³/mol. The van der Waals surface area contributed by atoms with Crippen LogP contribution in [-0.2, 0) is 9.59 Å². The van der Waals surface area contributed by atoms with Gasteiger partial charge in [-0.15, -0.1) is 0 Å². The first kappa shape index (κ1) is 16.9. The van der Waals surface area contributed by atoms with E-state index >= 15 is 0 Å². The molecule has 0 aromatic heterocycles. The van der Waals surface area contributed by atoms with Gasteiger partial charge in [0.15, 0.2) is 0 Å². The number of halogens is 2. The van der Waals surface area contributed by atoms with Gasteiger partial charge in [-0.05, 0) is 36.0 Å². The highest BCUT2D eigenvalue weighted by Crippen LogP contribution is 2.14. The Bertz CT molecular complexity index is 229. The van der Waals surface area contributed by atoms with Crippen molar-refractivity contribution in [3.05, 3.63) is 0 Å². The minimum atomic E-state index is -0.232. The highest BCUT2D eigenvalue weighted by atomic mass is 35.5. The van der Waals surface area contributed by atoms with E-state index < -0.39 is 0 Å². The summed E-state index contributed by atoms with van der Waals surface area (Å²) in [5, 5.41) is -0.458. The second kappa shape index (κ2) is 11.0. The van der Waals surface area contributed by atoms with Crippen molar-refractivity contribution in [2.24, 2.45) is 5.92 Å². The molecule has 0 saturated carbocycles. The van der Waals surface area contributed by atoms with E-state index in [1.165, 1.54) is 12.8 Å². The minimum Gasteiger partial charge on any atom is -0.281 e. The third-order valence-corrected chi connectivity index (χ3v) is 3.46. The number of unbranched alkanes of at least 4 members (excludes halogenated alkanes) is 6. The van der Waals surface area contributed by atoms with E-state index in [1.807, 2.05) is 6.92 Å². The van der Waals surface area contributed by atoms with Gasteiger partial charge in [-0.3, -0.25) is 9.59 Å². The van der Waals surface area contributed by atoms with E-state index in [0.717, 1.165) is 38.5 Å². The molecule has 0 amide bonds. The fourth-order valence-electron chi connectivity index (χ4n) is 1.71.